The molecule has 5 heavy (non-hydrogen) atoms. The predicted molar refractivity (Wildman–Crippen MR) is 18.1 cm³/mol. The second-order valence-corrected chi connectivity index (χ2v) is 0.771. The van der Waals surface area contributed by atoms with Gasteiger partial charge in [-0.2, -0.15) is 0 Å². The topological polar surface area (TPSA) is 20.3 Å². The van der Waals surface area contributed by atoms with Crippen molar-refractivity contribution in [1.29, 1.82) is 0 Å². The van der Waals surface area contributed by atoms with Gasteiger partial charge in [-0.3, -0.25) is 4.79 Å². The second kappa shape index (κ2) is 1.76. The predicted octanol–water partition coefficient (Wildman–Crippen LogP) is -0.257. The van der Waals surface area contributed by atoms with Gasteiger partial charge in [0.1, 0.15) is 0 Å². The quantitative estimate of drug-likeness (QED) is 0.237. The third-order valence-electron chi connectivity index (χ3n) is 0.166. The van der Waals surface area contributed by atoms with E-state index >= 15 is 0 Å². The molecule has 2 heteroatoms. The van der Waals surface area contributed by atoms with Gasteiger partial charge >= 0.3 is 0 Å². The fourth-order valence-electron chi connectivity index (χ4n) is 0. The number of rotatable bonds is 1. The van der Waals surface area contributed by atoms with Crippen molar-refractivity contribution in [1.82, 2.24) is 4.90 Å². The summed E-state index contributed by atoms with van der Waals surface area (Å²) >= 11 is 0. The molecule has 0 heterocycles. The van der Waals surface area contributed by atoms with Crippen molar-refractivity contribution in [3.05, 3.63) is 7.05 Å². The van der Waals surface area contributed by atoms with Crippen molar-refractivity contribution < 1.29 is 4.79 Å². The minimum Gasteiger partial charge on any atom is -0.526 e. The van der Waals surface area contributed by atoms with Crippen LogP contribution in [-0.2, 0) is 4.79 Å². The van der Waals surface area contributed by atoms with Gasteiger partial charge in [0.15, 0.2) is 6.41 Å². The van der Waals surface area contributed by atoms with Crippen molar-refractivity contribution in [3.8, 4) is 0 Å². The molecule has 1 amide bonds. The number of nitrogens with zero attached hydrogens (tertiary/aromatic N) is 1. The number of hydrogen-bond acceptors (Lipinski definition) is 1. The SMILES string of the molecule is [CH-]N(C)C=O. The summed E-state index contributed by atoms with van der Waals surface area (Å²) in [5.41, 5.74) is 0. The monoisotopic (exact) mass is 71.0 g/mol. The van der Waals surface area contributed by atoms with Gasteiger partial charge in [-0.05, 0) is 7.05 Å². The van der Waals surface area contributed by atoms with Gasteiger partial charge in [-0.15, -0.1) is 0 Å². The lowest BCUT2D eigenvalue weighted by Gasteiger charge is -2.09. The highest BCUT2D eigenvalue weighted by Crippen LogP contribution is 1.57. The maximum absolute atomic E-state index is 9.31. The number of amides is 1. The lowest BCUT2D eigenvalue weighted by molar-refractivity contribution is -0.115. The van der Waals surface area contributed by atoms with E-state index in [9.17, 15) is 4.79 Å². The first-order valence-electron chi connectivity index (χ1n) is 1.20. The molecule has 0 saturated heterocycles. The largest absolute Gasteiger partial charge is 0.526 e. The van der Waals surface area contributed by atoms with Gasteiger partial charge in [0.25, 0.3) is 0 Å². The zero-order valence-corrected chi connectivity index (χ0v) is 3.01. The van der Waals surface area contributed by atoms with E-state index in [0.717, 1.165) is 4.90 Å². The van der Waals surface area contributed by atoms with Crippen LogP contribution >= 0.6 is 0 Å². The number of hydrogen-bond donors (Lipinski definition) is 0. The van der Waals surface area contributed by atoms with Gasteiger partial charge in [-0.1, -0.05) is 0 Å². The van der Waals surface area contributed by atoms with Crippen LogP contribution in [0.4, 0.5) is 0 Å². The molecule has 0 aliphatic heterocycles. The van der Waals surface area contributed by atoms with Crippen LogP contribution in [0.3, 0.4) is 0 Å². The molecule has 0 spiro atoms. The van der Waals surface area contributed by atoms with Crippen LogP contribution < -0.4 is 0 Å². The molecular weight excluding hydrogens is 66.0 g/mol. The lowest BCUT2D eigenvalue weighted by atomic mass is 11.0. The molecule has 2 nitrogen and oxygen atoms in total. The minimum absolute atomic E-state index is 0.528. The summed E-state index contributed by atoms with van der Waals surface area (Å²) in [5.74, 6) is 0. The maximum atomic E-state index is 9.31. The summed E-state index contributed by atoms with van der Waals surface area (Å²) in [6.45, 7) is 0. The molecule has 0 unspecified atom stereocenters. The standard InChI is InChI=1S/C3H5NO/c1-4(2)3-5/h1,3H,2H3/q-1. The van der Waals surface area contributed by atoms with Crippen molar-refractivity contribution in [2.75, 3.05) is 7.05 Å². The van der Waals surface area contributed by atoms with Gasteiger partial charge in [-0.25, -0.2) is 0 Å². The van der Waals surface area contributed by atoms with Crippen LogP contribution in [0.25, 0.3) is 0 Å². The molecule has 1 radical (unpaired) electrons. The Balaban J connectivity index is 2.83. The van der Waals surface area contributed by atoms with E-state index in [1.807, 2.05) is 0 Å². The zero-order valence-electron chi connectivity index (χ0n) is 3.01. The number of carbonyl (C=O) groups is 1. The highest BCUT2D eigenvalue weighted by atomic mass is 16.1. The molecule has 0 N–H and O–H groups in total. The third kappa shape index (κ3) is 3.47. The van der Waals surface area contributed by atoms with Crippen LogP contribution in [0.5, 0.6) is 0 Å². The molecule has 0 aromatic carbocycles. The average molecular weight is 71.1 g/mol. The van der Waals surface area contributed by atoms with Crippen LogP contribution in [0, 0.1) is 7.05 Å². The summed E-state index contributed by atoms with van der Waals surface area (Å²) < 4.78 is 0. The molecule has 0 aliphatic rings. The molecule has 0 fully saturated rings. The first-order valence-corrected chi connectivity index (χ1v) is 1.20. The normalized spacial score (nSPS) is 6.80. The molecule has 0 bridgehead atoms. The Hall–Kier alpha value is -0.530. The Morgan fingerprint density at radius 3 is 2.20 bits per heavy atom. The molecule has 0 aromatic rings. The average Bonchev–Trinajstić information content (AvgIpc) is 1.38. The molecule has 0 aromatic heterocycles. The minimum atomic E-state index is 0.528. The summed E-state index contributed by atoms with van der Waals surface area (Å²) in [6.07, 6.45) is 0.528. The van der Waals surface area contributed by atoms with Crippen LogP contribution in [0.15, 0.2) is 0 Å². The Morgan fingerprint density at radius 2 is 2.20 bits per heavy atom. The summed E-state index contributed by atoms with van der Waals surface area (Å²) in [6, 6.07) is 0. The van der Waals surface area contributed by atoms with Gasteiger partial charge in [0.2, 0.25) is 0 Å². The molecule has 0 rings (SSSR count). The molecular formula is C3H5NO-. The van der Waals surface area contributed by atoms with E-state index in [4.69, 9.17) is 7.05 Å². The van der Waals surface area contributed by atoms with Crippen molar-refractivity contribution in [2.24, 2.45) is 0 Å². The highest BCUT2D eigenvalue weighted by Gasteiger charge is 1.55. The highest BCUT2D eigenvalue weighted by molar-refractivity contribution is 5.46. The fraction of sp³-hybridized carbons (Fsp3) is 0.333. The van der Waals surface area contributed by atoms with E-state index < -0.39 is 0 Å². The van der Waals surface area contributed by atoms with Gasteiger partial charge in [0, 0.05) is 0 Å². The van der Waals surface area contributed by atoms with Crippen LogP contribution in [0.1, 0.15) is 0 Å². The molecule has 0 aliphatic carbocycles. The van der Waals surface area contributed by atoms with Crippen molar-refractivity contribution >= 4 is 6.41 Å². The summed E-state index contributed by atoms with van der Waals surface area (Å²) in [4.78, 5) is 10.2. The zero-order chi connectivity index (χ0) is 4.28. The first-order chi connectivity index (χ1) is 2.27. The fourth-order valence-corrected chi connectivity index (χ4v) is 0. The van der Waals surface area contributed by atoms with Gasteiger partial charge < -0.3 is 11.9 Å². The smallest absolute Gasteiger partial charge is 0.178 e. The Labute approximate surface area is 31.4 Å². The van der Waals surface area contributed by atoms with E-state index in [2.05, 4.69) is 0 Å². The number of carbonyl (C=O) groups excluding carboxylic acids is 1. The van der Waals surface area contributed by atoms with Crippen molar-refractivity contribution in [3.63, 3.8) is 0 Å². The Kier molecular flexibility index (Phi) is 1.57. The summed E-state index contributed by atoms with van der Waals surface area (Å²) in [7, 11) is 6.22. The second-order valence-electron chi connectivity index (χ2n) is 0.771. The molecule has 0 saturated carbocycles. The summed E-state index contributed by atoms with van der Waals surface area (Å²) in [5, 5.41) is 0. The van der Waals surface area contributed by atoms with Crippen LogP contribution in [0.2, 0.25) is 0 Å². The molecule has 0 atom stereocenters. The van der Waals surface area contributed by atoms with E-state index in [1.54, 1.807) is 0 Å². The van der Waals surface area contributed by atoms with E-state index in [-0.39, 0.29) is 0 Å². The Bertz CT molecular complexity index is 33.9. The van der Waals surface area contributed by atoms with E-state index in [1.165, 1.54) is 7.05 Å². The first kappa shape index (κ1) is 4.47. The molecule has 29 valence electrons. The van der Waals surface area contributed by atoms with Crippen LogP contribution in [-0.4, -0.2) is 18.4 Å². The van der Waals surface area contributed by atoms with E-state index in [0.29, 0.717) is 6.41 Å². The Morgan fingerprint density at radius 1 is 2.00 bits per heavy atom. The maximum Gasteiger partial charge on any atom is 0.178 e. The van der Waals surface area contributed by atoms with Crippen molar-refractivity contribution in [2.45, 2.75) is 0 Å². The lowest BCUT2D eigenvalue weighted by Crippen LogP contribution is -2.02. The third-order valence-corrected chi connectivity index (χ3v) is 0.166. The van der Waals surface area contributed by atoms with Gasteiger partial charge in [0.05, 0.1) is 0 Å².